The van der Waals surface area contributed by atoms with E-state index in [2.05, 4.69) is 0 Å². The summed E-state index contributed by atoms with van der Waals surface area (Å²) in [5, 5.41) is 0. The maximum atomic E-state index is 10.6. The number of hydrogen-bond acceptors (Lipinski definition) is 2. The molecule has 19 heavy (non-hydrogen) atoms. The van der Waals surface area contributed by atoms with Crippen LogP contribution in [0.15, 0.2) is 54.9 Å². The highest BCUT2D eigenvalue weighted by atomic mass is 32.2. The van der Waals surface area contributed by atoms with Crippen molar-refractivity contribution in [3.63, 3.8) is 0 Å². The summed E-state index contributed by atoms with van der Waals surface area (Å²) >= 11 is 0. The molecule has 4 nitrogen and oxygen atoms in total. The van der Waals surface area contributed by atoms with Gasteiger partial charge < -0.3 is 0 Å². The highest BCUT2D eigenvalue weighted by Gasteiger charge is 2.07. The molecule has 0 saturated heterocycles. The van der Waals surface area contributed by atoms with Gasteiger partial charge in [-0.2, -0.15) is 8.42 Å². The monoisotopic (exact) mass is 278 g/mol. The molecule has 2 rings (SSSR count). The normalized spacial score (nSPS) is 11.4. The van der Waals surface area contributed by atoms with Gasteiger partial charge in [-0.1, -0.05) is 30.3 Å². The lowest BCUT2D eigenvalue weighted by atomic mass is 10.1. The molecule has 0 aliphatic carbocycles. The summed E-state index contributed by atoms with van der Waals surface area (Å²) < 4.78 is 31.8. The molecular formula is C14H16NO3S+. The highest BCUT2D eigenvalue weighted by Crippen LogP contribution is 2.16. The molecule has 1 N–H and O–H groups in total. The van der Waals surface area contributed by atoms with Crippen LogP contribution in [0.25, 0.3) is 11.1 Å². The predicted molar refractivity (Wildman–Crippen MR) is 73.1 cm³/mol. The van der Waals surface area contributed by atoms with E-state index in [4.69, 9.17) is 4.55 Å². The Morgan fingerprint density at radius 2 is 1.53 bits per heavy atom. The van der Waals surface area contributed by atoms with Gasteiger partial charge in [-0.3, -0.25) is 4.55 Å². The largest absolute Gasteiger partial charge is 0.286 e. The van der Waals surface area contributed by atoms with Gasteiger partial charge in [0, 0.05) is 18.6 Å². The number of benzene rings is 1. The number of aryl methyl sites for hydroxylation is 1. The van der Waals surface area contributed by atoms with E-state index in [0.29, 0.717) is 13.0 Å². The van der Waals surface area contributed by atoms with Crippen LogP contribution in [-0.2, 0) is 16.7 Å². The number of nitrogens with zero attached hydrogens (tertiary/aromatic N) is 1. The van der Waals surface area contributed by atoms with Crippen LogP contribution in [0, 0.1) is 0 Å². The van der Waals surface area contributed by atoms with E-state index in [0.717, 1.165) is 11.1 Å². The number of rotatable bonds is 5. The van der Waals surface area contributed by atoms with Crippen molar-refractivity contribution in [2.75, 3.05) is 5.75 Å². The summed E-state index contributed by atoms with van der Waals surface area (Å²) in [5.41, 5.74) is 2.26. The third-order valence-corrected chi connectivity index (χ3v) is 3.62. The summed E-state index contributed by atoms with van der Waals surface area (Å²) in [4.78, 5) is 0. The zero-order valence-electron chi connectivity index (χ0n) is 10.4. The first-order valence-corrected chi connectivity index (χ1v) is 7.65. The fourth-order valence-corrected chi connectivity index (χ4v) is 2.35. The molecule has 100 valence electrons. The van der Waals surface area contributed by atoms with E-state index >= 15 is 0 Å². The van der Waals surface area contributed by atoms with Gasteiger partial charge >= 0.3 is 0 Å². The Morgan fingerprint density at radius 1 is 0.947 bits per heavy atom. The molecule has 0 aliphatic heterocycles. The van der Waals surface area contributed by atoms with Gasteiger partial charge in [-0.05, 0) is 11.1 Å². The van der Waals surface area contributed by atoms with E-state index in [1.165, 1.54) is 0 Å². The molecule has 0 spiro atoms. The Kier molecular flexibility index (Phi) is 4.29. The Balaban J connectivity index is 1.99. The van der Waals surface area contributed by atoms with E-state index in [9.17, 15) is 8.42 Å². The lowest BCUT2D eigenvalue weighted by Gasteiger charge is -2.00. The van der Waals surface area contributed by atoms with Gasteiger partial charge in [0.15, 0.2) is 12.4 Å². The van der Waals surface area contributed by atoms with Crippen LogP contribution in [0.2, 0.25) is 0 Å². The Labute approximate surface area is 113 Å². The second kappa shape index (κ2) is 5.95. The van der Waals surface area contributed by atoms with E-state index < -0.39 is 10.1 Å². The van der Waals surface area contributed by atoms with Crippen LogP contribution < -0.4 is 4.57 Å². The quantitative estimate of drug-likeness (QED) is 0.671. The molecule has 2 aromatic rings. The average Bonchev–Trinajstić information content (AvgIpc) is 2.39. The fraction of sp³-hybridized carbons (Fsp3) is 0.214. The second-order valence-corrected chi connectivity index (χ2v) is 5.90. The standard InChI is InChI=1S/C14H15NO3S/c16-19(17,18)12-4-9-15-10-7-14(8-11-15)13-5-2-1-3-6-13/h1-3,5-8,10-11H,4,9,12H2/p+1. The fourth-order valence-electron chi connectivity index (χ4n) is 1.86. The summed E-state index contributed by atoms with van der Waals surface area (Å²) in [7, 11) is -3.86. The number of pyridine rings is 1. The van der Waals surface area contributed by atoms with Crippen molar-refractivity contribution in [3.05, 3.63) is 54.9 Å². The van der Waals surface area contributed by atoms with Gasteiger partial charge in [0.25, 0.3) is 10.1 Å². The molecular weight excluding hydrogens is 262 g/mol. The molecule has 0 bridgehead atoms. The molecule has 0 amide bonds. The van der Waals surface area contributed by atoms with Gasteiger partial charge in [0.1, 0.15) is 6.54 Å². The van der Waals surface area contributed by atoms with Crippen molar-refractivity contribution < 1.29 is 17.5 Å². The Morgan fingerprint density at radius 3 is 2.11 bits per heavy atom. The molecule has 0 fully saturated rings. The summed E-state index contributed by atoms with van der Waals surface area (Å²) in [6, 6.07) is 14.0. The topological polar surface area (TPSA) is 58.3 Å². The van der Waals surface area contributed by atoms with Gasteiger partial charge in [-0.25, -0.2) is 4.57 Å². The minimum atomic E-state index is -3.86. The third kappa shape index (κ3) is 4.46. The SMILES string of the molecule is O=S(=O)(O)CCC[n+]1ccc(-c2ccccc2)cc1. The van der Waals surface area contributed by atoms with E-state index in [-0.39, 0.29) is 5.75 Å². The summed E-state index contributed by atoms with van der Waals surface area (Å²) in [6.07, 6.45) is 4.22. The zero-order chi connectivity index (χ0) is 13.7. The number of aromatic nitrogens is 1. The molecule has 1 aromatic heterocycles. The van der Waals surface area contributed by atoms with Crippen molar-refractivity contribution in [2.24, 2.45) is 0 Å². The zero-order valence-corrected chi connectivity index (χ0v) is 11.3. The molecule has 1 aromatic carbocycles. The van der Waals surface area contributed by atoms with Crippen LogP contribution in [0.4, 0.5) is 0 Å². The first kappa shape index (κ1) is 13.7. The van der Waals surface area contributed by atoms with Crippen LogP contribution in [0.3, 0.4) is 0 Å². The van der Waals surface area contributed by atoms with Crippen molar-refractivity contribution in [2.45, 2.75) is 13.0 Å². The van der Waals surface area contributed by atoms with Crippen LogP contribution >= 0.6 is 0 Å². The predicted octanol–water partition coefficient (Wildman–Crippen LogP) is 1.92. The lowest BCUT2D eigenvalue weighted by molar-refractivity contribution is -0.696. The minimum Gasteiger partial charge on any atom is -0.286 e. The Bertz CT molecular complexity index is 622. The van der Waals surface area contributed by atoms with Crippen LogP contribution in [0.1, 0.15) is 6.42 Å². The molecule has 0 radical (unpaired) electrons. The first-order chi connectivity index (χ1) is 9.04. The van der Waals surface area contributed by atoms with Crippen molar-refractivity contribution in [1.82, 2.24) is 0 Å². The highest BCUT2D eigenvalue weighted by molar-refractivity contribution is 7.85. The second-order valence-electron chi connectivity index (χ2n) is 4.33. The minimum absolute atomic E-state index is 0.208. The van der Waals surface area contributed by atoms with Gasteiger partial charge in [0.2, 0.25) is 0 Å². The van der Waals surface area contributed by atoms with E-state index in [1.54, 1.807) is 0 Å². The first-order valence-electron chi connectivity index (χ1n) is 6.04. The Hall–Kier alpha value is -1.72. The summed E-state index contributed by atoms with van der Waals surface area (Å²) in [5.74, 6) is -0.208. The van der Waals surface area contributed by atoms with Gasteiger partial charge in [0.05, 0.1) is 5.75 Å². The average molecular weight is 278 g/mol. The number of hydrogen-bond donors (Lipinski definition) is 1. The molecule has 1 heterocycles. The van der Waals surface area contributed by atoms with Crippen molar-refractivity contribution in [1.29, 1.82) is 0 Å². The maximum absolute atomic E-state index is 10.6. The van der Waals surface area contributed by atoms with Crippen LogP contribution in [0.5, 0.6) is 0 Å². The van der Waals surface area contributed by atoms with Crippen LogP contribution in [-0.4, -0.2) is 18.7 Å². The van der Waals surface area contributed by atoms with Crippen molar-refractivity contribution >= 4 is 10.1 Å². The molecule has 0 aliphatic rings. The van der Waals surface area contributed by atoms with Gasteiger partial charge in [-0.15, -0.1) is 0 Å². The summed E-state index contributed by atoms with van der Waals surface area (Å²) in [6.45, 7) is 0.564. The maximum Gasteiger partial charge on any atom is 0.265 e. The van der Waals surface area contributed by atoms with Crippen molar-refractivity contribution in [3.8, 4) is 11.1 Å². The molecule has 0 saturated carbocycles. The molecule has 5 heteroatoms. The smallest absolute Gasteiger partial charge is 0.265 e. The lowest BCUT2D eigenvalue weighted by Crippen LogP contribution is -2.33. The molecule has 0 atom stereocenters. The van der Waals surface area contributed by atoms with E-state index in [1.807, 2.05) is 59.4 Å². The third-order valence-electron chi connectivity index (χ3n) is 2.82. The molecule has 0 unspecified atom stereocenters.